The largest absolute Gasteiger partial charge is 0.456 e. The molecule has 2 rings (SSSR count). The van der Waals surface area contributed by atoms with Crippen LogP contribution in [-0.4, -0.2) is 5.91 Å². The average molecular weight is 312 g/mol. The first-order chi connectivity index (χ1) is 10.5. The number of hydrogen-bond acceptors (Lipinski definition) is 4. The van der Waals surface area contributed by atoms with Crippen molar-refractivity contribution in [2.24, 2.45) is 0 Å². The van der Waals surface area contributed by atoms with E-state index >= 15 is 0 Å². The van der Waals surface area contributed by atoms with Crippen molar-refractivity contribution in [2.75, 3.05) is 5.32 Å². The Hall–Kier alpha value is -3.02. The maximum Gasteiger partial charge on any atom is 0.221 e. The third kappa shape index (κ3) is 3.54. The summed E-state index contributed by atoms with van der Waals surface area (Å²) >= 11 is 6.04. The van der Waals surface area contributed by atoms with E-state index in [1.54, 1.807) is 24.3 Å². The fourth-order valence-corrected chi connectivity index (χ4v) is 1.96. The first-order valence-electron chi connectivity index (χ1n) is 6.22. The van der Waals surface area contributed by atoms with Gasteiger partial charge in [0.2, 0.25) is 5.91 Å². The molecule has 0 saturated carbocycles. The molecule has 0 aromatic heterocycles. The molecular formula is C16H10ClN3O2. The summed E-state index contributed by atoms with van der Waals surface area (Å²) in [7, 11) is 0. The lowest BCUT2D eigenvalue weighted by molar-refractivity contribution is -0.114. The number of carbonyl (C=O) groups is 1. The number of halogens is 1. The third-order valence-corrected chi connectivity index (χ3v) is 3.01. The zero-order valence-electron chi connectivity index (χ0n) is 11.6. The van der Waals surface area contributed by atoms with Gasteiger partial charge in [0, 0.05) is 18.7 Å². The van der Waals surface area contributed by atoms with Gasteiger partial charge >= 0.3 is 0 Å². The molecule has 1 amide bonds. The van der Waals surface area contributed by atoms with Gasteiger partial charge in [0.25, 0.3) is 0 Å². The van der Waals surface area contributed by atoms with E-state index < -0.39 is 0 Å². The molecule has 0 aliphatic carbocycles. The second kappa shape index (κ2) is 6.62. The van der Waals surface area contributed by atoms with Crippen LogP contribution in [0.1, 0.15) is 18.1 Å². The van der Waals surface area contributed by atoms with Crippen LogP contribution < -0.4 is 10.1 Å². The second-order valence-corrected chi connectivity index (χ2v) is 4.77. The second-order valence-electron chi connectivity index (χ2n) is 4.36. The molecule has 2 aromatic carbocycles. The number of amides is 1. The van der Waals surface area contributed by atoms with E-state index in [1.807, 2.05) is 12.1 Å². The average Bonchev–Trinajstić information content (AvgIpc) is 2.50. The highest BCUT2D eigenvalue weighted by atomic mass is 35.5. The number of rotatable bonds is 3. The van der Waals surface area contributed by atoms with Crippen LogP contribution in [0.25, 0.3) is 0 Å². The molecule has 108 valence electrons. The summed E-state index contributed by atoms with van der Waals surface area (Å²) in [5.41, 5.74) is 1.03. The van der Waals surface area contributed by atoms with E-state index in [-0.39, 0.29) is 27.8 Å². The third-order valence-electron chi connectivity index (χ3n) is 2.72. The number of hydrogen-bond donors (Lipinski definition) is 1. The van der Waals surface area contributed by atoms with Crippen LogP contribution in [0.4, 0.5) is 5.69 Å². The SMILES string of the molecule is CC(=O)Nc1ccc(Oc2cc(C#N)c(C#N)cc2Cl)cc1. The molecule has 0 radical (unpaired) electrons. The number of nitrogens with zero attached hydrogens (tertiary/aromatic N) is 2. The fourth-order valence-electron chi connectivity index (χ4n) is 1.75. The Kier molecular flexibility index (Phi) is 4.63. The highest BCUT2D eigenvalue weighted by molar-refractivity contribution is 6.32. The predicted molar refractivity (Wildman–Crippen MR) is 81.7 cm³/mol. The summed E-state index contributed by atoms with van der Waals surface area (Å²) in [6.45, 7) is 1.42. The van der Waals surface area contributed by atoms with Gasteiger partial charge in [0.1, 0.15) is 23.6 Å². The Bertz CT molecular complexity index is 802. The van der Waals surface area contributed by atoms with Crippen LogP contribution in [0.5, 0.6) is 11.5 Å². The van der Waals surface area contributed by atoms with Crippen molar-refractivity contribution in [3.8, 4) is 23.6 Å². The number of anilines is 1. The predicted octanol–water partition coefficient (Wildman–Crippen LogP) is 3.83. The summed E-state index contributed by atoms with van der Waals surface area (Å²) in [5, 5.41) is 20.8. The van der Waals surface area contributed by atoms with Crippen LogP contribution >= 0.6 is 11.6 Å². The maximum atomic E-state index is 10.9. The number of nitriles is 2. The summed E-state index contributed by atoms with van der Waals surface area (Å²) in [6.07, 6.45) is 0. The summed E-state index contributed by atoms with van der Waals surface area (Å²) in [6, 6.07) is 13.3. The molecule has 0 atom stereocenters. The standard InChI is InChI=1S/C16H10ClN3O2/c1-10(21)20-13-2-4-14(5-3-13)22-16-7-12(9-19)11(8-18)6-15(16)17/h2-7H,1H3,(H,20,21). The van der Waals surface area contributed by atoms with Gasteiger partial charge in [-0.05, 0) is 30.3 Å². The first-order valence-corrected chi connectivity index (χ1v) is 6.60. The molecule has 1 N–H and O–H groups in total. The topological polar surface area (TPSA) is 85.9 Å². The maximum absolute atomic E-state index is 10.9. The van der Waals surface area contributed by atoms with Crippen LogP contribution in [-0.2, 0) is 4.79 Å². The minimum atomic E-state index is -0.164. The Morgan fingerprint density at radius 1 is 1.14 bits per heavy atom. The Morgan fingerprint density at radius 2 is 1.73 bits per heavy atom. The van der Waals surface area contributed by atoms with Crippen molar-refractivity contribution in [1.29, 1.82) is 10.5 Å². The Labute approximate surface area is 132 Å². The van der Waals surface area contributed by atoms with Crippen LogP contribution in [0.2, 0.25) is 5.02 Å². The molecule has 0 heterocycles. The van der Waals surface area contributed by atoms with Gasteiger partial charge in [-0.15, -0.1) is 0 Å². The molecule has 0 aliphatic rings. The van der Waals surface area contributed by atoms with Crippen LogP contribution in [0.3, 0.4) is 0 Å². The van der Waals surface area contributed by atoms with Crippen molar-refractivity contribution in [1.82, 2.24) is 0 Å². The van der Waals surface area contributed by atoms with Crippen LogP contribution in [0.15, 0.2) is 36.4 Å². The number of benzene rings is 2. The molecule has 0 unspecified atom stereocenters. The minimum absolute atomic E-state index is 0.164. The van der Waals surface area contributed by atoms with E-state index in [9.17, 15) is 4.79 Å². The van der Waals surface area contributed by atoms with Gasteiger partial charge in [-0.2, -0.15) is 10.5 Å². The van der Waals surface area contributed by atoms with E-state index in [0.717, 1.165) is 0 Å². The lowest BCUT2D eigenvalue weighted by atomic mass is 10.1. The lowest BCUT2D eigenvalue weighted by Crippen LogP contribution is -2.05. The monoisotopic (exact) mass is 311 g/mol. The van der Waals surface area contributed by atoms with Gasteiger partial charge in [0.15, 0.2) is 0 Å². The molecule has 2 aromatic rings. The van der Waals surface area contributed by atoms with Crippen molar-refractivity contribution < 1.29 is 9.53 Å². The Morgan fingerprint density at radius 3 is 2.27 bits per heavy atom. The normalized spacial score (nSPS) is 9.45. The lowest BCUT2D eigenvalue weighted by Gasteiger charge is -2.09. The highest BCUT2D eigenvalue weighted by Gasteiger charge is 2.10. The summed E-state index contributed by atoms with van der Waals surface area (Å²) < 4.78 is 5.61. The van der Waals surface area contributed by atoms with Crippen molar-refractivity contribution in [3.63, 3.8) is 0 Å². The molecule has 0 saturated heterocycles. The van der Waals surface area contributed by atoms with Gasteiger partial charge in [-0.3, -0.25) is 4.79 Å². The molecule has 22 heavy (non-hydrogen) atoms. The number of nitrogens with one attached hydrogen (secondary N) is 1. The van der Waals surface area contributed by atoms with E-state index in [2.05, 4.69) is 5.32 Å². The highest BCUT2D eigenvalue weighted by Crippen LogP contribution is 2.32. The summed E-state index contributed by atoms with van der Waals surface area (Å²) in [5.74, 6) is 0.608. The molecule has 6 heteroatoms. The molecular weight excluding hydrogens is 302 g/mol. The van der Waals surface area contributed by atoms with E-state index in [4.69, 9.17) is 26.9 Å². The first kappa shape index (κ1) is 15.4. The van der Waals surface area contributed by atoms with Crippen LogP contribution in [0, 0.1) is 22.7 Å². The molecule has 0 aliphatic heterocycles. The van der Waals surface area contributed by atoms with Gasteiger partial charge in [0.05, 0.1) is 16.1 Å². The zero-order valence-corrected chi connectivity index (χ0v) is 12.3. The number of ether oxygens (including phenoxy) is 1. The van der Waals surface area contributed by atoms with Gasteiger partial charge in [-0.1, -0.05) is 11.6 Å². The molecule has 0 bridgehead atoms. The van der Waals surface area contributed by atoms with Gasteiger partial charge in [-0.25, -0.2) is 0 Å². The summed E-state index contributed by atoms with van der Waals surface area (Å²) in [4.78, 5) is 10.9. The minimum Gasteiger partial charge on any atom is -0.456 e. The zero-order chi connectivity index (χ0) is 16.1. The smallest absolute Gasteiger partial charge is 0.221 e. The quantitative estimate of drug-likeness (QED) is 0.933. The van der Waals surface area contributed by atoms with E-state index in [1.165, 1.54) is 19.1 Å². The van der Waals surface area contributed by atoms with Crippen molar-refractivity contribution >= 4 is 23.2 Å². The van der Waals surface area contributed by atoms with Crippen molar-refractivity contribution in [2.45, 2.75) is 6.92 Å². The molecule has 5 nitrogen and oxygen atoms in total. The fraction of sp³-hybridized carbons (Fsp3) is 0.0625. The Balaban J connectivity index is 2.26. The molecule has 0 fully saturated rings. The van der Waals surface area contributed by atoms with Crippen molar-refractivity contribution in [3.05, 3.63) is 52.5 Å². The van der Waals surface area contributed by atoms with Gasteiger partial charge < -0.3 is 10.1 Å². The van der Waals surface area contributed by atoms with E-state index in [0.29, 0.717) is 11.4 Å². The number of carbonyl (C=O) groups excluding carboxylic acids is 1. The molecule has 0 spiro atoms.